The Morgan fingerprint density at radius 2 is 1.78 bits per heavy atom. The summed E-state index contributed by atoms with van der Waals surface area (Å²) in [6, 6.07) is 17.1. The quantitative estimate of drug-likeness (QED) is 0.722. The highest BCUT2D eigenvalue weighted by Crippen LogP contribution is 2.12. The Labute approximate surface area is 137 Å². The monoisotopic (exact) mass is 313 g/mol. The predicted octanol–water partition coefficient (Wildman–Crippen LogP) is 3.42. The van der Waals surface area contributed by atoms with E-state index >= 15 is 0 Å². The van der Waals surface area contributed by atoms with Gasteiger partial charge in [-0.3, -0.25) is 4.79 Å². The minimum Gasteiger partial charge on any atom is -0.489 e. The molecule has 0 saturated heterocycles. The van der Waals surface area contributed by atoms with E-state index < -0.39 is 0 Å². The van der Waals surface area contributed by atoms with E-state index in [1.807, 2.05) is 61.5 Å². The maximum atomic E-state index is 12.0. The molecule has 0 aliphatic rings. The molecule has 0 radical (unpaired) electrons. The number of carbonyl (C=O) groups excluding carboxylic acids is 1. The molecule has 0 atom stereocenters. The van der Waals surface area contributed by atoms with E-state index in [1.165, 1.54) is 0 Å². The predicted molar refractivity (Wildman–Crippen MR) is 90.7 cm³/mol. The van der Waals surface area contributed by atoms with Gasteiger partial charge in [-0.25, -0.2) is 0 Å². The molecule has 1 amide bonds. The molecule has 0 aliphatic heterocycles. The van der Waals surface area contributed by atoms with Crippen LogP contribution >= 0.6 is 0 Å². The number of ether oxygens (including phenoxy) is 2. The van der Waals surface area contributed by atoms with Gasteiger partial charge in [-0.15, -0.1) is 0 Å². The summed E-state index contributed by atoms with van der Waals surface area (Å²) in [5.41, 5.74) is 1.69. The number of para-hydroxylation sites is 1. The van der Waals surface area contributed by atoms with Gasteiger partial charge in [0.05, 0.1) is 0 Å². The van der Waals surface area contributed by atoms with E-state index in [2.05, 4.69) is 5.32 Å². The standard InChI is InChI=1S/C19H23NO3/c1-2-22-14-6-13-20-19(21)17-11-9-16(10-12-17)15-23-18-7-4-3-5-8-18/h3-5,7-12H,2,6,13-15H2,1H3,(H,20,21). The molecule has 0 bridgehead atoms. The van der Waals surface area contributed by atoms with E-state index in [0.29, 0.717) is 31.9 Å². The molecule has 1 N–H and O–H groups in total. The van der Waals surface area contributed by atoms with Crippen LogP contribution in [-0.4, -0.2) is 25.7 Å². The van der Waals surface area contributed by atoms with Crippen molar-refractivity contribution >= 4 is 5.91 Å². The van der Waals surface area contributed by atoms with Crippen LogP contribution in [0.5, 0.6) is 5.75 Å². The molecular weight excluding hydrogens is 290 g/mol. The highest BCUT2D eigenvalue weighted by molar-refractivity contribution is 5.94. The van der Waals surface area contributed by atoms with Crippen molar-refractivity contribution in [3.8, 4) is 5.75 Å². The first-order chi connectivity index (χ1) is 11.3. The minimum absolute atomic E-state index is 0.0583. The Hall–Kier alpha value is -2.33. The summed E-state index contributed by atoms with van der Waals surface area (Å²) in [7, 11) is 0. The summed E-state index contributed by atoms with van der Waals surface area (Å²) >= 11 is 0. The third kappa shape index (κ3) is 6.12. The van der Waals surface area contributed by atoms with Gasteiger partial charge in [-0.2, -0.15) is 0 Å². The fourth-order valence-electron chi connectivity index (χ4n) is 2.06. The molecule has 2 aromatic rings. The average Bonchev–Trinajstić information content (AvgIpc) is 2.61. The Kier molecular flexibility index (Phi) is 7.14. The van der Waals surface area contributed by atoms with Crippen LogP contribution < -0.4 is 10.1 Å². The Morgan fingerprint density at radius 3 is 2.48 bits per heavy atom. The molecule has 0 heterocycles. The summed E-state index contributed by atoms with van der Waals surface area (Å²) in [5.74, 6) is 0.778. The highest BCUT2D eigenvalue weighted by atomic mass is 16.5. The van der Waals surface area contributed by atoms with Crippen LogP contribution in [0.15, 0.2) is 54.6 Å². The van der Waals surface area contributed by atoms with Crippen LogP contribution in [0.1, 0.15) is 29.3 Å². The average molecular weight is 313 g/mol. The number of hydrogen-bond acceptors (Lipinski definition) is 3. The molecule has 0 spiro atoms. The first kappa shape index (κ1) is 17.0. The minimum atomic E-state index is -0.0583. The number of nitrogens with one attached hydrogen (secondary N) is 1. The van der Waals surface area contributed by atoms with Crippen LogP contribution in [0, 0.1) is 0 Å². The largest absolute Gasteiger partial charge is 0.489 e. The maximum absolute atomic E-state index is 12.0. The van der Waals surface area contributed by atoms with Crippen molar-refractivity contribution in [2.75, 3.05) is 19.8 Å². The second-order valence-corrected chi connectivity index (χ2v) is 5.11. The second-order valence-electron chi connectivity index (χ2n) is 5.11. The summed E-state index contributed by atoms with van der Waals surface area (Å²) in [6.07, 6.45) is 0.822. The van der Waals surface area contributed by atoms with E-state index in [-0.39, 0.29) is 5.91 Å². The summed E-state index contributed by atoms with van der Waals surface area (Å²) < 4.78 is 10.9. The van der Waals surface area contributed by atoms with Gasteiger partial charge in [-0.1, -0.05) is 30.3 Å². The topological polar surface area (TPSA) is 47.6 Å². The first-order valence-corrected chi connectivity index (χ1v) is 7.92. The van der Waals surface area contributed by atoms with E-state index in [4.69, 9.17) is 9.47 Å². The molecule has 4 nitrogen and oxygen atoms in total. The molecule has 0 fully saturated rings. The van der Waals surface area contributed by atoms with E-state index in [9.17, 15) is 4.79 Å². The van der Waals surface area contributed by atoms with Gasteiger partial charge in [0, 0.05) is 25.3 Å². The van der Waals surface area contributed by atoms with Gasteiger partial charge >= 0.3 is 0 Å². The summed E-state index contributed by atoms with van der Waals surface area (Å²) in [4.78, 5) is 12.0. The van der Waals surface area contributed by atoms with E-state index in [0.717, 1.165) is 17.7 Å². The van der Waals surface area contributed by atoms with Gasteiger partial charge in [-0.05, 0) is 43.2 Å². The van der Waals surface area contributed by atoms with Crippen molar-refractivity contribution in [3.63, 3.8) is 0 Å². The molecular formula is C19H23NO3. The SMILES string of the molecule is CCOCCCNC(=O)c1ccc(COc2ccccc2)cc1. The molecule has 0 aromatic heterocycles. The zero-order valence-corrected chi connectivity index (χ0v) is 13.5. The lowest BCUT2D eigenvalue weighted by Crippen LogP contribution is -2.25. The number of amides is 1. The van der Waals surface area contributed by atoms with Crippen LogP contribution in [0.4, 0.5) is 0 Å². The number of rotatable bonds is 9. The van der Waals surface area contributed by atoms with Crippen LogP contribution in [0.25, 0.3) is 0 Å². The zero-order valence-electron chi connectivity index (χ0n) is 13.5. The lowest BCUT2D eigenvalue weighted by Gasteiger charge is -2.08. The summed E-state index contributed by atoms with van der Waals surface area (Å²) in [6.45, 7) is 4.45. The lowest BCUT2D eigenvalue weighted by molar-refractivity contribution is 0.0944. The normalized spacial score (nSPS) is 10.3. The highest BCUT2D eigenvalue weighted by Gasteiger charge is 2.04. The van der Waals surface area contributed by atoms with Crippen LogP contribution in [-0.2, 0) is 11.3 Å². The Balaban J connectivity index is 1.76. The number of hydrogen-bond donors (Lipinski definition) is 1. The van der Waals surface area contributed by atoms with Crippen molar-refractivity contribution in [1.82, 2.24) is 5.32 Å². The molecule has 23 heavy (non-hydrogen) atoms. The van der Waals surface area contributed by atoms with Gasteiger partial charge in [0.25, 0.3) is 5.91 Å². The van der Waals surface area contributed by atoms with Gasteiger partial charge in [0.15, 0.2) is 0 Å². The van der Waals surface area contributed by atoms with Crippen LogP contribution in [0.3, 0.4) is 0 Å². The van der Waals surface area contributed by atoms with Gasteiger partial charge in [0.1, 0.15) is 12.4 Å². The second kappa shape index (κ2) is 9.64. The van der Waals surface area contributed by atoms with Gasteiger partial charge < -0.3 is 14.8 Å². The number of benzene rings is 2. The molecule has 0 saturated carbocycles. The maximum Gasteiger partial charge on any atom is 0.251 e. The van der Waals surface area contributed by atoms with Crippen molar-refractivity contribution in [1.29, 1.82) is 0 Å². The third-order valence-electron chi connectivity index (χ3n) is 3.32. The van der Waals surface area contributed by atoms with Gasteiger partial charge in [0.2, 0.25) is 0 Å². The molecule has 0 aliphatic carbocycles. The van der Waals surface area contributed by atoms with Crippen molar-refractivity contribution in [2.45, 2.75) is 20.0 Å². The smallest absolute Gasteiger partial charge is 0.251 e. The fourth-order valence-corrected chi connectivity index (χ4v) is 2.06. The summed E-state index contributed by atoms with van der Waals surface area (Å²) in [5, 5.41) is 2.88. The molecule has 122 valence electrons. The first-order valence-electron chi connectivity index (χ1n) is 7.92. The van der Waals surface area contributed by atoms with Crippen molar-refractivity contribution in [2.24, 2.45) is 0 Å². The third-order valence-corrected chi connectivity index (χ3v) is 3.32. The molecule has 2 aromatic carbocycles. The Bertz CT molecular complexity index is 581. The van der Waals surface area contributed by atoms with Crippen molar-refractivity contribution < 1.29 is 14.3 Å². The molecule has 0 unspecified atom stereocenters. The fraction of sp³-hybridized carbons (Fsp3) is 0.316. The Morgan fingerprint density at radius 1 is 1.04 bits per heavy atom. The van der Waals surface area contributed by atoms with Crippen molar-refractivity contribution in [3.05, 3.63) is 65.7 Å². The number of carbonyl (C=O) groups is 1. The van der Waals surface area contributed by atoms with E-state index in [1.54, 1.807) is 0 Å². The van der Waals surface area contributed by atoms with Crippen LogP contribution in [0.2, 0.25) is 0 Å². The zero-order chi connectivity index (χ0) is 16.3. The molecule has 4 heteroatoms. The lowest BCUT2D eigenvalue weighted by atomic mass is 10.1. The molecule has 2 rings (SSSR count).